The molecule has 1 saturated heterocycles. The highest BCUT2D eigenvalue weighted by molar-refractivity contribution is 5.86. The third kappa shape index (κ3) is 6.20. The number of aliphatic hydroxyl groups is 1. The van der Waals surface area contributed by atoms with Crippen molar-refractivity contribution in [3.63, 3.8) is 0 Å². The van der Waals surface area contributed by atoms with Crippen molar-refractivity contribution in [1.82, 2.24) is 9.80 Å². The standard InChI is InChI=1S/C20H29FN2O4/c1-20(2,3)27-19(26)22(4)17(13-14-5-7-15(21)8-6-14)18(25)23-11-9-16(24)10-12-23/h5-8,16-17,24H,9-13H2,1-4H3/t17-/m1/s1. The average molecular weight is 380 g/mol. The van der Waals surface area contributed by atoms with Crippen LogP contribution in [0.25, 0.3) is 0 Å². The van der Waals surface area contributed by atoms with Crippen molar-refractivity contribution in [3.8, 4) is 0 Å². The molecule has 2 amide bonds. The van der Waals surface area contributed by atoms with Crippen LogP contribution < -0.4 is 0 Å². The number of carbonyl (C=O) groups is 2. The second kappa shape index (κ2) is 8.69. The first-order chi connectivity index (χ1) is 12.6. The molecule has 1 aliphatic heterocycles. The van der Waals surface area contributed by atoms with Gasteiger partial charge in [-0.1, -0.05) is 12.1 Å². The Kier molecular flexibility index (Phi) is 6.81. The van der Waals surface area contributed by atoms with E-state index < -0.39 is 23.8 Å². The molecule has 1 N–H and O–H groups in total. The van der Waals surface area contributed by atoms with E-state index in [1.807, 2.05) is 0 Å². The molecule has 1 fully saturated rings. The number of likely N-dealkylation sites (N-methyl/N-ethyl adjacent to an activating group) is 1. The average Bonchev–Trinajstić information content (AvgIpc) is 2.59. The number of hydrogen-bond donors (Lipinski definition) is 1. The minimum atomic E-state index is -0.763. The summed E-state index contributed by atoms with van der Waals surface area (Å²) in [6.45, 7) is 6.19. The number of carbonyl (C=O) groups excluding carboxylic acids is 2. The summed E-state index contributed by atoms with van der Waals surface area (Å²) in [6.07, 6.45) is 0.317. The lowest BCUT2D eigenvalue weighted by molar-refractivity contribution is -0.138. The first kappa shape index (κ1) is 21.2. The lowest BCUT2D eigenvalue weighted by Gasteiger charge is -2.36. The quantitative estimate of drug-likeness (QED) is 0.872. The topological polar surface area (TPSA) is 70.1 Å². The number of benzene rings is 1. The second-order valence-electron chi connectivity index (χ2n) is 7.99. The van der Waals surface area contributed by atoms with Gasteiger partial charge in [0.15, 0.2) is 0 Å². The van der Waals surface area contributed by atoms with Crippen LogP contribution in [-0.2, 0) is 16.0 Å². The van der Waals surface area contributed by atoms with Crippen LogP contribution in [0.1, 0.15) is 39.2 Å². The largest absolute Gasteiger partial charge is 0.444 e. The molecule has 27 heavy (non-hydrogen) atoms. The Bertz CT molecular complexity index is 649. The lowest BCUT2D eigenvalue weighted by atomic mass is 10.0. The maximum absolute atomic E-state index is 13.2. The van der Waals surface area contributed by atoms with Gasteiger partial charge in [0.25, 0.3) is 0 Å². The fraction of sp³-hybridized carbons (Fsp3) is 0.600. The van der Waals surface area contributed by atoms with Gasteiger partial charge in [-0.2, -0.15) is 0 Å². The number of likely N-dealkylation sites (tertiary alicyclic amines) is 1. The van der Waals surface area contributed by atoms with Crippen LogP contribution in [0.2, 0.25) is 0 Å². The van der Waals surface area contributed by atoms with E-state index in [0.29, 0.717) is 25.9 Å². The molecule has 150 valence electrons. The van der Waals surface area contributed by atoms with Crippen LogP contribution in [-0.4, -0.2) is 64.8 Å². The molecule has 0 aromatic heterocycles. The zero-order valence-electron chi connectivity index (χ0n) is 16.4. The summed E-state index contributed by atoms with van der Waals surface area (Å²) >= 11 is 0. The van der Waals surface area contributed by atoms with Gasteiger partial charge in [-0.25, -0.2) is 9.18 Å². The summed E-state index contributed by atoms with van der Waals surface area (Å²) in [5.41, 5.74) is 0.0755. The molecule has 1 atom stereocenters. The number of amides is 2. The van der Waals surface area contributed by atoms with Gasteiger partial charge in [0.05, 0.1) is 6.10 Å². The fourth-order valence-electron chi connectivity index (χ4n) is 2.99. The van der Waals surface area contributed by atoms with E-state index in [9.17, 15) is 19.1 Å². The summed E-state index contributed by atoms with van der Waals surface area (Å²) in [5.74, 6) is -0.549. The van der Waals surface area contributed by atoms with Gasteiger partial charge in [-0.3, -0.25) is 9.69 Å². The number of halogens is 1. The molecular formula is C20H29FN2O4. The molecular weight excluding hydrogens is 351 g/mol. The van der Waals surface area contributed by atoms with E-state index in [-0.39, 0.29) is 18.1 Å². The SMILES string of the molecule is CN(C(=O)OC(C)(C)C)[C@H](Cc1ccc(F)cc1)C(=O)N1CCC(O)CC1. The predicted octanol–water partition coefficient (Wildman–Crippen LogP) is 2.59. The first-order valence-corrected chi connectivity index (χ1v) is 9.24. The molecule has 0 bridgehead atoms. The Balaban J connectivity index is 2.20. The molecule has 1 heterocycles. The van der Waals surface area contributed by atoms with E-state index in [4.69, 9.17) is 4.74 Å². The minimum Gasteiger partial charge on any atom is -0.444 e. The van der Waals surface area contributed by atoms with Crippen molar-refractivity contribution in [1.29, 1.82) is 0 Å². The van der Waals surface area contributed by atoms with Gasteiger partial charge < -0.3 is 14.7 Å². The van der Waals surface area contributed by atoms with Crippen LogP contribution in [0.15, 0.2) is 24.3 Å². The first-order valence-electron chi connectivity index (χ1n) is 9.24. The normalized spacial score (nSPS) is 16.7. The molecule has 1 aromatic carbocycles. The van der Waals surface area contributed by atoms with E-state index in [1.54, 1.807) is 44.9 Å². The molecule has 0 radical (unpaired) electrons. The number of hydrogen-bond acceptors (Lipinski definition) is 4. The summed E-state index contributed by atoms with van der Waals surface area (Å²) in [6, 6.07) is 5.13. The smallest absolute Gasteiger partial charge is 0.410 e. The van der Waals surface area contributed by atoms with Gasteiger partial charge in [-0.05, 0) is 51.3 Å². The number of rotatable bonds is 4. The Morgan fingerprint density at radius 3 is 2.33 bits per heavy atom. The highest BCUT2D eigenvalue weighted by atomic mass is 19.1. The Hall–Kier alpha value is -2.15. The molecule has 1 aliphatic rings. The highest BCUT2D eigenvalue weighted by Gasteiger charge is 2.34. The summed E-state index contributed by atoms with van der Waals surface area (Å²) in [4.78, 5) is 28.6. The van der Waals surface area contributed by atoms with Gasteiger partial charge in [0.2, 0.25) is 5.91 Å². The van der Waals surface area contributed by atoms with Gasteiger partial charge >= 0.3 is 6.09 Å². The molecule has 0 aliphatic carbocycles. The van der Waals surface area contributed by atoms with Crippen molar-refractivity contribution in [2.45, 2.75) is 57.8 Å². The molecule has 0 unspecified atom stereocenters. The van der Waals surface area contributed by atoms with Crippen molar-refractivity contribution in [2.24, 2.45) is 0 Å². The van der Waals surface area contributed by atoms with E-state index in [0.717, 1.165) is 5.56 Å². The van der Waals surface area contributed by atoms with Crippen LogP contribution in [0, 0.1) is 5.82 Å². The van der Waals surface area contributed by atoms with Crippen molar-refractivity contribution in [3.05, 3.63) is 35.6 Å². The van der Waals surface area contributed by atoms with Crippen LogP contribution >= 0.6 is 0 Å². The molecule has 0 spiro atoms. The number of ether oxygens (including phenoxy) is 1. The summed E-state index contributed by atoms with van der Waals surface area (Å²) < 4.78 is 18.6. The predicted molar refractivity (Wildman–Crippen MR) is 99.7 cm³/mol. The summed E-state index contributed by atoms with van der Waals surface area (Å²) in [7, 11) is 1.54. The van der Waals surface area contributed by atoms with E-state index >= 15 is 0 Å². The molecule has 2 rings (SSSR count). The molecule has 6 nitrogen and oxygen atoms in total. The number of piperidine rings is 1. The zero-order chi connectivity index (χ0) is 20.2. The van der Waals surface area contributed by atoms with Crippen LogP contribution in [0.5, 0.6) is 0 Å². The maximum Gasteiger partial charge on any atom is 0.410 e. The fourth-order valence-corrected chi connectivity index (χ4v) is 2.99. The third-order valence-corrected chi connectivity index (χ3v) is 4.55. The third-order valence-electron chi connectivity index (χ3n) is 4.55. The molecule has 1 aromatic rings. The van der Waals surface area contributed by atoms with Gasteiger partial charge in [-0.15, -0.1) is 0 Å². The summed E-state index contributed by atoms with van der Waals surface area (Å²) in [5, 5.41) is 9.68. The Morgan fingerprint density at radius 2 is 1.81 bits per heavy atom. The molecule has 0 saturated carbocycles. The second-order valence-corrected chi connectivity index (χ2v) is 7.99. The Labute approximate surface area is 159 Å². The van der Waals surface area contributed by atoms with Gasteiger partial charge in [0.1, 0.15) is 17.5 Å². The Morgan fingerprint density at radius 1 is 1.26 bits per heavy atom. The number of aliphatic hydroxyl groups excluding tert-OH is 1. The maximum atomic E-state index is 13.2. The van der Waals surface area contributed by atoms with Crippen LogP contribution in [0.3, 0.4) is 0 Å². The highest BCUT2D eigenvalue weighted by Crippen LogP contribution is 2.18. The van der Waals surface area contributed by atoms with E-state index in [1.165, 1.54) is 17.0 Å². The lowest BCUT2D eigenvalue weighted by Crippen LogP contribution is -2.53. The van der Waals surface area contributed by atoms with Gasteiger partial charge in [0, 0.05) is 26.6 Å². The van der Waals surface area contributed by atoms with Crippen molar-refractivity contribution < 1.29 is 23.8 Å². The van der Waals surface area contributed by atoms with Crippen LogP contribution in [0.4, 0.5) is 9.18 Å². The molecule has 7 heteroatoms. The van der Waals surface area contributed by atoms with E-state index in [2.05, 4.69) is 0 Å². The number of nitrogens with zero attached hydrogens (tertiary/aromatic N) is 2. The van der Waals surface area contributed by atoms with Crippen molar-refractivity contribution >= 4 is 12.0 Å². The monoisotopic (exact) mass is 380 g/mol. The zero-order valence-corrected chi connectivity index (χ0v) is 16.4. The minimum absolute atomic E-state index is 0.195. The van der Waals surface area contributed by atoms with Crippen molar-refractivity contribution in [2.75, 3.05) is 20.1 Å².